The van der Waals surface area contributed by atoms with Crippen LogP contribution in [0.5, 0.6) is 0 Å². The minimum absolute atomic E-state index is 0.0525. The number of aromatic nitrogens is 2. The molecule has 0 fully saturated rings. The van der Waals surface area contributed by atoms with Crippen molar-refractivity contribution in [1.82, 2.24) is 9.55 Å². The van der Waals surface area contributed by atoms with Crippen LogP contribution in [0.4, 0.5) is 4.39 Å². The molecule has 2 aromatic rings. The van der Waals surface area contributed by atoms with Crippen molar-refractivity contribution < 1.29 is 14.3 Å². The molecule has 0 bridgehead atoms. The normalized spacial score (nSPS) is 11.5. The monoisotopic (exact) mass is 422 g/mol. The van der Waals surface area contributed by atoms with E-state index >= 15 is 0 Å². The number of hydrogen-bond acceptors (Lipinski definition) is 3. The molecule has 0 aliphatic carbocycles. The van der Waals surface area contributed by atoms with Crippen LogP contribution < -0.4 is 0 Å². The molecule has 0 amide bonds. The van der Waals surface area contributed by atoms with Crippen molar-refractivity contribution in [3.8, 4) is 0 Å². The Morgan fingerprint density at radius 2 is 2.14 bits per heavy atom. The third-order valence-corrected chi connectivity index (χ3v) is 5.10. The first-order chi connectivity index (χ1) is 9.97. The lowest BCUT2D eigenvalue weighted by Gasteiger charge is -2.18. The summed E-state index contributed by atoms with van der Waals surface area (Å²) in [4.78, 5) is 15.3. The molecule has 0 unspecified atom stereocenters. The Balaban J connectivity index is 2.59. The second-order valence-electron chi connectivity index (χ2n) is 4.67. The summed E-state index contributed by atoms with van der Waals surface area (Å²) in [6.07, 6.45) is 1.77. The van der Waals surface area contributed by atoms with E-state index in [1.54, 1.807) is 6.07 Å². The van der Waals surface area contributed by atoms with Gasteiger partial charge in [0.2, 0.25) is 0 Å². The van der Waals surface area contributed by atoms with Gasteiger partial charge in [0, 0.05) is 12.1 Å². The molecule has 0 radical (unpaired) electrons. The fourth-order valence-electron chi connectivity index (χ4n) is 2.30. The second-order valence-corrected chi connectivity index (χ2v) is 6.78. The zero-order valence-electron chi connectivity index (χ0n) is 11.8. The Morgan fingerprint density at radius 3 is 2.71 bits per heavy atom. The smallest absolute Gasteiger partial charge is 0.313 e. The summed E-state index contributed by atoms with van der Waals surface area (Å²) in [5.74, 6) is -1.21. The zero-order valence-corrected chi connectivity index (χ0v) is 14.7. The standard InChI is InChI=1S/C14H16FIN2O2S/c1-3-8(4-2)18-12-5-9(15)10(16)6-11(12)17-14(18)21-7-13(19)20/h5-6,8H,3-4,7H2,1-2H3,(H,19,20). The van der Waals surface area contributed by atoms with Crippen molar-refractivity contribution in [3.05, 3.63) is 21.5 Å². The highest BCUT2D eigenvalue weighted by Crippen LogP contribution is 2.32. The van der Waals surface area contributed by atoms with Gasteiger partial charge in [-0.3, -0.25) is 4.79 Å². The van der Waals surface area contributed by atoms with Gasteiger partial charge in [-0.15, -0.1) is 0 Å². The van der Waals surface area contributed by atoms with Crippen LogP contribution in [0.3, 0.4) is 0 Å². The predicted octanol–water partition coefficient (Wildman–Crippen LogP) is 4.32. The third kappa shape index (κ3) is 3.50. The summed E-state index contributed by atoms with van der Waals surface area (Å²) in [6.45, 7) is 4.13. The highest BCUT2D eigenvalue weighted by Gasteiger charge is 2.19. The van der Waals surface area contributed by atoms with Crippen molar-refractivity contribution in [2.24, 2.45) is 0 Å². The minimum Gasteiger partial charge on any atom is -0.481 e. The Labute approximate surface area is 140 Å². The summed E-state index contributed by atoms with van der Waals surface area (Å²) in [6, 6.07) is 3.38. The van der Waals surface area contributed by atoms with E-state index in [0.717, 1.165) is 18.4 Å². The summed E-state index contributed by atoms with van der Waals surface area (Å²) in [5, 5.41) is 9.50. The molecule has 0 aliphatic heterocycles. The number of fused-ring (bicyclic) bond motifs is 1. The van der Waals surface area contributed by atoms with Gasteiger partial charge in [-0.05, 0) is 41.5 Å². The molecule has 0 aliphatic rings. The van der Waals surface area contributed by atoms with Crippen molar-refractivity contribution in [2.75, 3.05) is 5.75 Å². The molecule has 1 aromatic heterocycles. The molecule has 0 atom stereocenters. The molecule has 4 nitrogen and oxygen atoms in total. The van der Waals surface area contributed by atoms with E-state index in [9.17, 15) is 9.18 Å². The largest absolute Gasteiger partial charge is 0.481 e. The van der Waals surface area contributed by atoms with Crippen LogP contribution in [0.1, 0.15) is 32.7 Å². The summed E-state index contributed by atoms with van der Waals surface area (Å²) in [5.41, 5.74) is 1.44. The van der Waals surface area contributed by atoms with E-state index in [1.807, 2.05) is 27.2 Å². The maximum Gasteiger partial charge on any atom is 0.313 e. The number of carboxylic acid groups (broad SMARTS) is 1. The first-order valence-electron chi connectivity index (χ1n) is 6.69. The van der Waals surface area contributed by atoms with E-state index in [4.69, 9.17) is 5.11 Å². The van der Waals surface area contributed by atoms with Crippen LogP contribution in [0.2, 0.25) is 0 Å². The molecule has 7 heteroatoms. The van der Waals surface area contributed by atoms with Crippen LogP contribution in [0.15, 0.2) is 17.3 Å². The Morgan fingerprint density at radius 1 is 1.48 bits per heavy atom. The summed E-state index contributed by atoms with van der Waals surface area (Å²) >= 11 is 3.12. The maximum absolute atomic E-state index is 13.9. The van der Waals surface area contributed by atoms with Gasteiger partial charge in [-0.25, -0.2) is 9.37 Å². The molecular weight excluding hydrogens is 406 g/mol. The maximum atomic E-state index is 13.9. The van der Waals surface area contributed by atoms with Crippen molar-refractivity contribution in [3.63, 3.8) is 0 Å². The fourth-order valence-corrected chi connectivity index (χ4v) is 3.56. The zero-order chi connectivity index (χ0) is 15.6. The number of halogens is 2. The number of rotatable bonds is 6. The van der Waals surface area contributed by atoms with Crippen molar-refractivity contribution >= 4 is 51.4 Å². The number of carbonyl (C=O) groups is 1. The van der Waals surface area contributed by atoms with E-state index < -0.39 is 5.97 Å². The highest BCUT2D eigenvalue weighted by atomic mass is 127. The molecule has 1 N–H and O–H groups in total. The van der Waals surface area contributed by atoms with Gasteiger partial charge in [0.05, 0.1) is 20.4 Å². The minimum atomic E-state index is -0.885. The molecule has 1 heterocycles. The van der Waals surface area contributed by atoms with Gasteiger partial charge >= 0.3 is 5.97 Å². The lowest BCUT2D eigenvalue weighted by molar-refractivity contribution is -0.133. The number of imidazole rings is 1. The quantitative estimate of drug-likeness (QED) is 0.557. The summed E-state index contributed by atoms with van der Waals surface area (Å²) < 4.78 is 16.4. The van der Waals surface area contributed by atoms with Crippen molar-refractivity contribution in [1.29, 1.82) is 0 Å². The van der Waals surface area contributed by atoms with Crippen LogP contribution in [0.25, 0.3) is 11.0 Å². The molecule has 114 valence electrons. The van der Waals surface area contributed by atoms with E-state index in [1.165, 1.54) is 17.8 Å². The molecule has 21 heavy (non-hydrogen) atoms. The fraction of sp³-hybridized carbons (Fsp3) is 0.429. The van der Waals surface area contributed by atoms with Gasteiger partial charge in [-0.1, -0.05) is 25.6 Å². The molecule has 0 saturated heterocycles. The molecule has 0 spiro atoms. The number of carboxylic acids is 1. The third-order valence-electron chi connectivity index (χ3n) is 3.33. The van der Waals surface area contributed by atoms with Crippen molar-refractivity contribution in [2.45, 2.75) is 37.9 Å². The molecule has 2 rings (SSSR count). The van der Waals surface area contributed by atoms with Gasteiger partial charge in [0.1, 0.15) is 5.82 Å². The average molecular weight is 422 g/mol. The van der Waals surface area contributed by atoms with Gasteiger partial charge < -0.3 is 9.67 Å². The first kappa shape index (κ1) is 16.5. The van der Waals surface area contributed by atoms with Crippen LogP contribution in [-0.2, 0) is 4.79 Å². The van der Waals surface area contributed by atoms with Crippen LogP contribution in [0, 0.1) is 9.39 Å². The van der Waals surface area contributed by atoms with Gasteiger partial charge in [0.25, 0.3) is 0 Å². The Hall–Kier alpha value is -0.830. The Kier molecular flexibility index (Phi) is 5.48. The SMILES string of the molecule is CCC(CC)n1c(SCC(=O)O)nc2cc(I)c(F)cc21. The van der Waals surface area contributed by atoms with E-state index in [0.29, 0.717) is 14.2 Å². The molecular formula is C14H16FIN2O2S. The van der Waals surface area contributed by atoms with Crippen LogP contribution >= 0.6 is 34.4 Å². The van der Waals surface area contributed by atoms with Crippen LogP contribution in [-0.4, -0.2) is 26.4 Å². The topological polar surface area (TPSA) is 55.1 Å². The lowest BCUT2D eigenvalue weighted by Crippen LogP contribution is -2.09. The second kappa shape index (κ2) is 6.95. The number of benzene rings is 1. The predicted molar refractivity (Wildman–Crippen MR) is 90.4 cm³/mol. The molecule has 1 aromatic carbocycles. The number of thioether (sulfide) groups is 1. The average Bonchev–Trinajstić information content (AvgIpc) is 2.77. The van der Waals surface area contributed by atoms with Gasteiger partial charge in [-0.2, -0.15) is 0 Å². The number of nitrogens with zero attached hydrogens (tertiary/aromatic N) is 2. The van der Waals surface area contributed by atoms with E-state index in [2.05, 4.69) is 18.8 Å². The lowest BCUT2D eigenvalue weighted by atomic mass is 10.1. The first-order valence-corrected chi connectivity index (χ1v) is 8.75. The summed E-state index contributed by atoms with van der Waals surface area (Å²) in [7, 11) is 0. The van der Waals surface area contributed by atoms with Gasteiger partial charge in [0.15, 0.2) is 5.16 Å². The molecule has 0 saturated carbocycles. The Bertz CT molecular complexity index is 671. The highest BCUT2D eigenvalue weighted by molar-refractivity contribution is 14.1. The van der Waals surface area contributed by atoms with E-state index in [-0.39, 0.29) is 17.6 Å². The number of aliphatic carboxylic acids is 1. The number of hydrogen-bond donors (Lipinski definition) is 1.